The second-order valence-corrected chi connectivity index (χ2v) is 10.2. The predicted octanol–water partition coefficient (Wildman–Crippen LogP) is 10.6. The van der Waals surface area contributed by atoms with Crippen LogP contribution in [-0.2, 0) is 0 Å². The SMILES string of the molecule is [CH2]C(CCCCCCCCCCCC(C)C)C(C)CCCCCCCCCC. The summed E-state index contributed by atoms with van der Waals surface area (Å²) >= 11 is 0. The third kappa shape index (κ3) is 20.7. The molecule has 0 nitrogen and oxygen atoms in total. The summed E-state index contributed by atoms with van der Waals surface area (Å²) in [6.07, 6.45) is 28.7. The summed E-state index contributed by atoms with van der Waals surface area (Å²) in [5.41, 5.74) is 0. The molecule has 0 spiro atoms. The summed E-state index contributed by atoms with van der Waals surface area (Å²) in [5, 5.41) is 0. The Morgan fingerprint density at radius 3 is 1.25 bits per heavy atom. The minimum Gasteiger partial charge on any atom is -0.0654 e. The Labute approximate surface area is 181 Å². The van der Waals surface area contributed by atoms with Gasteiger partial charge in [-0.2, -0.15) is 0 Å². The largest absolute Gasteiger partial charge is 0.0654 e. The van der Waals surface area contributed by atoms with Crippen LogP contribution in [0.1, 0.15) is 156 Å². The van der Waals surface area contributed by atoms with E-state index in [1.54, 1.807) is 0 Å². The third-order valence-electron chi connectivity index (χ3n) is 6.67. The van der Waals surface area contributed by atoms with Gasteiger partial charge in [-0.3, -0.25) is 0 Å². The molecule has 0 aliphatic carbocycles. The van der Waals surface area contributed by atoms with Crippen molar-refractivity contribution in [2.45, 2.75) is 156 Å². The lowest BCUT2D eigenvalue weighted by Crippen LogP contribution is -2.08. The maximum absolute atomic E-state index is 4.47. The van der Waals surface area contributed by atoms with Crippen molar-refractivity contribution in [3.05, 3.63) is 6.92 Å². The molecular formula is C28H57. The lowest BCUT2D eigenvalue weighted by molar-refractivity contribution is 0.350. The van der Waals surface area contributed by atoms with Gasteiger partial charge >= 0.3 is 0 Å². The molecule has 0 rings (SSSR count). The van der Waals surface area contributed by atoms with Crippen LogP contribution in [0.4, 0.5) is 0 Å². The fourth-order valence-corrected chi connectivity index (χ4v) is 4.32. The van der Waals surface area contributed by atoms with Gasteiger partial charge in [0.2, 0.25) is 0 Å². The molecule has 0 aromatic carbocycles. The maximum atomic E-state index is 4.47. The van der Waals surface area contributed by atoms with E-state index in [0.717, 1.165) is 11.8 Å². The molecule has 0 aromatic heterocycles. The van der Waals surface area contributed by atoms with Gasteiger partial charge in [0.05, 0.1) is 0 Å². The Balaban J connectivity index is 3.31. The van der Waals surface area contributed by atoms with Crippen LogP contribution in [0.3, 0.4) is 0 Å². The first kappa shape index (κ1) is 28.0. The van der Waals surface area contributed by atoms with E-state index in [0.29, 0.717) is 5.92 Å². The smallest absolute Gasteiger partial charge is 0.0388 e. The molecule has 28 heavy (non-hydrogen) atoms. The molecule has 0 heterocycles. The molecule has 0 N–H and O–H groups in total. The van der Waals surface area contributed by atoms with Gasteiger partial charge in [0.1, 0.15) is 0 Å². The summed E-state index contributed by atoms with van der Waals surface area (Å²) in [6.45, 7) is 13.9. The quantitative estimate of drug-likeness (QED) is 0.160. The molecule has 0 aliphatic heterocycles. The van der Waals surface area contributed by atoms with Crippen molar-refractivity contribution in [3.8, 4) is 0 Å². The summed E-state index contributed by atoms with van der Waals surface area (Å²) < 4.78 is 0. The van der Waals surface area contributed by atoms with E-state index in [4.69, 9.17) is 0 Å². The lowest BCUT2D eigenvalue weighted by atomic mass is 9.86. The van der Waals surface area contributed by atoms with E-state index >= 15 is 0 Å². The molecule has 0 bridgehead atoms. The van der Waals surface area contributed by atoms with Crippen molar-refractivity contribution in [3.63, 3.8) is 0 Å². The molecule has 0 heteroatoms. The molecule has 0 aliphatic rings. The highest BCUT2D eigenvalue weighted by Crippen LogP contribution is 2.24. The second-order valence-electron chi connectivity index (χ2n) is 10.2. The summed E-state index contributed by atoms with van der Waals surface area (Å²) in [7, 11) is 0. The fraction of sp³-hybridized carbons (Fsp3) is 0.964. The minimum absolute atomic E-state index is 0.686. The average Bonchev–Trinajstić information content (AvgIpc) is 2.67. The van der Waals surface area contributed by atoms with Gasteiger partial charge in [-0.05, 0) is 24.7 Å². The Morgan fingerprint density at radius 2 is 0.821 bits per heavy atom. The Morgan fingerprint density at radius 1 is 0.464 bits per heavy atom. The van der Waals surface area contributed by atoms with Gasteiger partial charge in [-0.1, -0.05) is 156 Å². The first-order valence-corrected chi connectivity index (χ1v) is 13.4. The van der Waals surface area contributed by atoms with Crippen molar-refractivity contribution in [2.75, 3.05) is 0 Å². The number of hydrogen-bond donors (Lipinski definition) is 0. The van der Waals surface area contributed by atoms with Gasteiger partial charge < -0.3 is 0 Å². The van der Waals surface area contributed by atoms with Crippen LogP contribution < -0.4 is 0 Å². The van der Waals surface area contributed by atoms with Crippen LogP contribution in [0, 0.1) is 24.7 Å². The van der Waals surface area contributed by atoms with Crippen LogP contribution in [0.2, 0.25) is 0 Å². The molecular weight excluding hydrogens is 336 g/mol. The van der Waals surface area contributed by atoms with E-state index in [9.17, 15) is 0 Å². The molecule has 1 radical (unpaired) electrons. The summed E-state index contributed by atoms with van der Waals surface area (Å²) in [5.74, 6) is 2.40. The molecule has 0 saturated heterocycles. The van der Waals surface area contributed by atoms with Gasteiger partial charge in [0.15, 0.2) is 0 Å². The maximum Gasteiger partial charge on any atom is -0.0388 e. The Kier molecular flexibility index (Phi) is 21.7. The van der Waals surface area contributed by atoms with Crippen molar-refractivity contribution in [1.82, 2.24) is 0 Å². The third-order valence-corrected chi connectivity index (χ3v) is 6.67. The predicted molar refractivity (Wildman–Crippen MR) is 131 cm³/mol. The molecule has 0 aromatic rings. The van der Waals surface area contributed by atoms with E-state index < -0.39 is 0 Å². The van der Waals surface area contributed by atoms with Gasteiger partial charge in [0.25, 0.3) is 0 Å². The van der Waals surface area contributed by atoms with Crippen molar-refractivity contribution >= 4 is 0 Å². The van der Waals surface area contributed by atoms with Crippen molar-refractivity contribution in [2.24, 2.45) is 17.8 Å². The molecule has 0 amide bonds. The second kappa shape index (κ2) is 21.7. The highest BCUT2D eigenvalue weighted by atomic mass is 14.2. The molecule has 169 valence electrons. The van der Waals surface area contributed by atoms with E-state index in [-0.39, 0.29) is 0 Å². The van der Waals surface area contributed by atoms with Crippen LogP contribution in [0.5, 0.6) is 0 Å². The minimum atomic E-state index is 0.686. The lowest BCUT2D eigenvalue weighted by Gasteiger charge is -2.19. The van der Waals surface area contributed by atoms with Gasteiger partial charge in [-0.25, -0.2) is 0 Å². The average molecular weight is 394 g/mol. The monoisotopic (exact) mass is 393 g/mol. The summed E-state index contributed by atoms with van der Waals surface area (Å²) in [4.78, 5) is 0. The molecule has 0 saturated carbocycles. The number of unbranched alkanes of at least 4 members (excludes halogenated alkanes) is 15. The van der Waals surface area contributed by atoms with Crippen LogP contribution in [0.15, 0.2) is 0 Å². The van der Waals surface area contributed by atoms with Crippen LogP contribution in [-0.4, -0.2) is 0 Å². The van der Waals surface area contributed by atoms with Crippen molar-refractivity contribution < 1.29 is 0 Å². The zero-order valence-electron chi connectivity index (χ0n) is 20.6. The number of rotatable bonds is 22. The highest BCUT2D eigenvalue weighted by molar-refractivity contribution is 4.69. The van der Waals surface area contributed by atoms with Crippen LogP contribution >= 0.6 is 0 Å². The first-order valence-electron chi connectivity index (χ1n) is 13.4. The first-order chi connectivity index (χ1) is 13.6. The Bertz CT molecular complexity index is 280. The normalized spacial score (nSPS) is 13.9. The topological polar surface area (TPSA) is 0 Å². The zero-order valence-corrected chi connectivity index (χ0v) is 20.6. The fourth-order valence-electron chi connectivity index (χ4n) is 4.32. The van der Waals surface area contributed by atoms with E-state index in [1.807, 2.05) is 0 Å². The van der Waals surface area contributed by atoms with E-state index in [1.165, 1.54) is 128 Å². The van der Waals surface area contributed by atoms with Crippen molar-refractivity contribution in [1.29, 1.82) is 0 Å². The van der Waals surface area contributed by atoms with Gasteiger partial charge in [0, 0.05) is 0 Å². The Hall–Kier alpha value is 0. The molecule has 2 unspecified atom stereocenters. The standard InChI is InChI=1S/C28H57/c1-6-7-8-9-10-15-18-21-24-27(4)28(5)25-22-19-16-13-11-12-14-17-20-23-26(2)3/h26-28H,5-25H2,1-4H3. The summed E-state index contributed by atoms with van der Waals surface area (Å²) in [6, 6.07) is 0. The van der Waals surface area contributed by atoms with E-state index in [2.05, 4.69) is 34.6 Å². The highest BCUT2D eigenvalue weighted by Gasteiger charge is 2.11. The number of hydrogen-bond acceptors (Lipinski definition) is 0. The van der Waals surface area contributed by atoms with Gasteiger partial charge in [-0.15, -0.1) is 0 Å². The zero-order chi connectivity index (χ0) is 20.9. The van der Waals surface area contributed by atoms with Crippen LogP contribution in [0.25, 0.3) is 0 Å². The molecule has 2 atom stereocenters. The molecule has 0 fully saturated rings.